The molecule has 0 aromatic heterocycles. The van der Waals surface area contributed by atoms with Crippen molar-refractivity contribution in [3.8, 4) is 44.5 Å². The molecular formula is C84H58. The van der Waals surface area contributed by atoms with Crippen LogP contribution in [0.2, 0.25) is 0 Å². The van der Waals surface area contributed by atoms with E-state index < -0.39 is 0 Å². The summed E-state index contributed by atoms with van der Waals surface area (Å²) in [6.45, 7) is 9.80. The number of rotatable bonds is 4. The van der Waals surface area contributed by atoms with Gasteiger partial charge in [-0.2, -0.15) is 0 Å². The minimum absolute atomic E-state index is 0.0588. The van der Waals surface area contributed by atoms with E-state index in [9.17, 15) is 0 Å². The Balaban J connectivity index is 0.909. The molecule has 2 unspecified atom stereocenters. The molecule has 0 heteroatoms. The lowest BCUT2D eigenvalue weighted by molar-refractivity contribution is 0.598. The zero-order chi connectivity index (χ0) is 55.5. The van der Waals surface area contributed by atoms with E-state index in [1.54, 1.807) is 0 Å². The van der Waals surface area contributed by atoms with Crippen molar-refractivity contribution in [1.29, 1.82) is 0 Å². The molecule has 0 saturated carbocycles. The summed E-state index contributed by atoms with van der Waals surface area (Å²) in [6.07, 6.45) is 1.94. The third-order valence-electron chi connectivity index (χ3n) is 21.3. The van der Waals surface area contributed by atoms with E-state index in [2.05, 4.69) is 270 Å². The van der Waals surface area contributed by atoms with Crippen molar-refractivity contribution >= 4 is 64.6 Å². The Labute approximate surface area is 490 Å². The van der Waals surface area contributed by atoms with Gasteiger partial charge in [-0.05, 0) is 212 Å². The third-order valence-corrected chi connectivity index (χ3v) is 21.3. The first-order valence-corrected chi connectivity index (χ1v) is 30.4. The van der Waals surface area contributed by atoms with Crippen molar-refractivity contribution < 1.29 is 0 Å². The largest absolute Gasteiger partial charge is 0.0622 e. The lowest BCUT2D eigenvalue weighted by Gasteiger charge is -2.40. The number of fused-ring (bicyclic) bond motifs is 16. The fourth-order valence-electron chi connectivity index (χ4n) is 17.7. The van der Waals surface area contributed by atoms with E-state index in [0.717, 1.165) is 12.8 Å². The van der Waals surface area contributed by atoms with Gasteiger partial charge >= 0.3 is 0 Å². The molecule has 0 N–H and O–H groups in total. The van der Waals surface area contributed by atoms with Gasteiger partial charge in [-0.3, -0.25) is 0 Å². The highest BCUT2D eigenvalue weighted by Gasteiger charge is 2.43. The minimum Gasteiger partial charge on any atom is -0.0622 e. The smallest absolute Gasteiger partial charge is 0.0352 e. The van der Waals surface area contributed by atoms with Gasteiger partial charge in [0.15, 0.2) is 0 Å². The van der Waals surface area contributed by atoms with E-state index >= 15 is 0 Å². The van der Waals surface area contributed by atoms with Gasteiger partial charge in [-0.15, -0.1) is 0 Å². The molecule has 0 aliphatic heterocycles. The molecule has 19 rings (SSSR count). The van der Waals surface area contributed by atoms with Crippen molar-refractivity contribution in [3.63, 3.8) is 0 Å². The number of benzene rings is 13. The molecule has 0 saturated heterocycles. The Morgan fingerprint density at radius 2 is 0.619 bits per heavy atom. The van der Waals surface area contributed by atoms with Crippen LogP contribution in [0.1, 0.15) is 117 Å². The molecule has 2 atom stereocenters. The summed E-state index contributed by atoms with van der Waals surface area (Å²) in [5, 5.41) is 16.1. The second-order valence-electron chi connectivity index (χ2n) is 26.0. The molecule has 0 radical (unpaired) electrons. The first-order chi connectivity index (χ1) is 41.2. The topological polar surface area (TPSA) is 0 Å². The lowest BCUT2D eigenvalue weighted by atomic mass is 9.63. The normalized spacial score (nSPS) is 16.7. The Bertz CT molecular complexity index is 4970. The summed E-state index contributed by atoms with van der Waals surface area (Å²) in [6, 6.07) is 94.6. The van der Waals surface area contributed by atoms with Crippen LogP contribution in [0.15, 0.2) is 243 Å². The van der Waals surface area contributed by atoms with Crippen LogP contribution in [0.4, 0.5) is 0 Å². The molecule has 0 fully saturated rings. The highest BCUT2D eigenvalue weighted by molar-refractivity contribution is 6.46. The summed E-state index contributed by atoms with van der Waals surface area (Å²) in [5.74, 6) is 0.118. The SMILES string of the molecule is CC1(C)c2ccccc2C(c2ccc3c4c(-c5ccccc5)c5c6cccc7c(C8c9ccccc9C(C)(C)c9cc%10c(cc98)Cc8ccccc8-%10)ccc(c5c(-c5ccccc5)c4c4cccc2c43)c76)c2cc3c(cc21)-c1ccccc1C3. The summed E-state index contributed by atoms with van der Waals surface area (Å²) in [7, 11) is 0. The summed E-state index contributed by atoms with van der Waals surface area (Å²) < 4.78 is 0. The fraction of sp³-hybridized carbons (Fsp3) is 0.119. The van der Waals surface area contributed by atoms with Crippen molar-refractivity contribution in [3.05, 3.63) is 321 Å². The maximum Gasteiger partial charge on any atom is 0.0352 e. The van der Waals surface area contributed by atoms with Crippen LogP contribution in [0, 0.1) is 0 Å². The average Bonchev–Trinajstić information content (AvgIpc) is 1.71. The zero-order valence-corrected chi connectivity index (χ0v) is 47.7. The predicted molar refractivity (Wildman–Crippen MR) is 353 cm³/mol. The fourth-order valence-corrected chi connectivity index (χ4v) is 17.7. The molecular weight excluding hydrogens is 1010 g/mol. The van der Waals surface area contributed by atoms with Gasteiger partial charge in [0.2, 0.25) is 0 Å². The van der Waals surface area contributed by atoms with Crippen LogP contribution < -0.4 is 0 Å². The maximum absolute atomic E-state index is 2.61. The second-order valence-corrected chi connectivity index (χ2v) is 26.0. The molecule has 15 aromatic rings. The Morgan fingerprint density at radius 1 is 0.250 bits per heavy atom. The van der Waals surface area contributed by atoms with Gasteiger partial charge in [0.1, 0.15) is 0 Å². The number of hydrogen-bond acceptors (Lipinski definition) is 0. The highest BCUT2D eigenvalue weighted by atomic mass is 14.5. The van der Waals surface area contributed by atoms with E-state index in [4.69, 9.17) is 0 Å². The standard InChI is InChI=1S/C84H58/c1-83(2)69-35-17-15-29-59(69)75(67-43-51-41-49-25-11-13-27-53(49)65(51)45-71(67)83)57-37-39-63-77-55(57)31-19-33-61(77)79-73(47-21-7-5-8-22-47)82-64-40-38-58(56-32-20-34-62(78(56)64)80(82)74(81(63)79)48-23-9-6-10-24-48)76-60-30-16-18-36-70(60)84(3,4)72-46-66-52(44-68(72)76)42-50-26-12-14-28-54(50)66/h5-40,43-46,75-76H,41-42H2,1-4H3. The lowest BCUT2D eigenvalue weighted by Crippen LogP contribution is -2.30. The van der Waals surface area contributed by atoms with Crippen LogP contribution in [0.3, 0.4) is 0 Å². The molecule has 15 aromatic carbocycles. The van der Waals surface area contributed by atoms with E-state index in [-0.39, 0.29) is 22.7 Å². The third kappa shape index (κ3) is 5.98. The van der Waals surface area contributed by atoms with Crippen molar-refractivity contribution in [2.75, 3.05) is 0 Å². The van der Waals surface area contributed by atoms with Gasteiger partial charge in [-0.1, -0.05) is 258 Å². The van der Waals surface area contributed by atoms with Crippen LogP contribution in [-0.4, -0.2) is 0 Å². The molecule has 4 aliphatic carbocycles. The predicted octanol–water partition coefficient (Wildman–Crippen LogP) is 21.6. The van der Waals surface area contributed by atoms with Gasteiger partial charge in [0.25, 0.3) is 0 Å². The van der Waals surface area contributed by atoms with Crippen LogP contribution in [-0.2, 0) is 23.7 Å². The first-order valence-electron chi connectivity index (χ1n) is 30.4. The van der Waals surface area contributed by atoms with E-state index in [0.29, 0.717) is 0 Å². The highest BCUT2D eigenvalue weighted by Crippen LogP contribution is 2.60. The average molecular weight is 1070 g/mol. The molecule has 4 aliphatic rings. The van der Waals surface area contributed by atoms with E-state index in [1.165, 1.54) is 187 Å². The van der Waals surface area contributed by atoms with E-state index in [1.807, 2.05) is 0 Å². The summed E-state index contributed by atoms with van der Waals surface area (Å²) in [5.41, 5.74) is 30.3. The molecule has 394 valence electrons. The van der Waals surface area contributed by atoms with Crippen LogP contribution in [0.25, 0.3) is 109 Å². The maximum atomic E-state index is 2.61. The molecule has 0 spiro atoms. The summed E-state index contributed by atoms with van der Waals surface area (Å²) in [4.78, 5) is 0. The Hall–Kier alpha value is -9.62. The minimum atomic E-state index is -0.175. The molecule has 0 nitrogen and oxygen atoms in total. The van der Waals surface area contributed by atoms with Gasteiger partial charge in [-0.25, -0.2) is 0 Å². The van der Waals surface area contributed by atoms with Gasteiger partial charge < -0.3 is 0 Å². The molecule has 0 amide bonds. The Kier molecular flexibility index (Phi) is 9.25. The van der Waals surface area contributed by atoms with Crippen molar-refractivity contribution in [2.45, 2.75) is 63.2 Å². The van der Waals surface area contributed by atoms with Crippen LogP contribution >= 0.6 is 0 Å². The zero-order valence-electron chi connectivity index (χ0n) is 47.7. The summed E-state index contributed by atoms with van der Waals surface area (Å²) >= 11 is 0. The van der Waals surface area contributed by atoms with Crippen molar-refractivity contribution in [1.82, 2.24) is 0 Å². The van der Waals surface area contributed by atoms with Gasteiger partial charge in [0, 0.05) is 22.7 Å². The number of hydrogen-bond donors (Lipinski definition) is 0. The second kappa shape index (κ2) is 16.6. The quantitative estimate of drug-likeness (QED) is 0.165. The first kappa shape index (κ1) is 46.9. The Morgan fingerprint density at radius 3 is 1.06 bits per heavy atom. The monoisotopic (exact) mass is 1070 g/mol. The van der Waals surface area contributed by atoms with Crippen molar-refractivity contribution in [2.24, 2.45) is 0 Å². The molecule has 84 heavy (non-hydrogen) atoms. The van der Waals surface area contributed by atoms with Gasteiger partial charge in [0.05, 0.1) is 0 Å². The molecule has 0 bridgehead atoms. The van der Waals surface area contributed by atoms with Crippen LogP contribution in [0.5, 0.6) is 0 Å². The molecule has 0 heterocycles.